The summed E-state index contributed by atoms with van der Waals surface area (Å²) in [4.78, 5) is 12.8. The molecule has 1 aromatic carbocycles. The van der Waals surface area contributed by atoms with Gasteiger partial charge in [-0.25, -0.2) is 23.6 Å². The van der Waals surface area contributed by atoms with Crippen LogP contribution in [0.3, 0.4) is 0 Å². The molecule has 0 aliphatic carbocycles. The molecule has 0 bridgehead atoms. The van der Waals surface area contributed by atoms with Gasteiger partial charge in [-0.3, -0.25) is 4.79 Å². The first kappa shape index (κ1) is 23.4. The Hall–Kier alpha value is -0.656. The van der Waals surface area contributed by atoms with Crippen LogP contribution in [0.15, 0.2) is 12.1 Å². The molecule has 1 heterocycles. The van der Waals surface area contributed by atoms with Crippen LogP contribution in [0.25, 0.3) is 5.70 Å². The molecule has 1 aromatic rings. The van der Waals surface area contributed by atoms with Gasteiger partial charge in [0.2, 0.25) is 5.91 Å². The summed E-state index contributed by atoms with van der Waals surface area (Å²) in [5.74, 6) is 2.38. The van der Waals surface area contributed by atoms with Crippen LogP contribution in [0, 0.1) is 29.6 Å². The molecule has 1 aliphatic heterocycles. The maximum absolute atomic E-state index is 14.4. The van der Waals surface area contributed by atoms with Crippen molar-refractivity contribution >= 4 is 34.2 Å². The standard InChI is InChI=1S/C17H13F4INO2.Y/c1-2-3-6-25-10-7-11(18)16(12(19)8-10)14-5-4-13(22)17(24)23(14)9-15(20)21;/h7-8,13,15H,4,6,9H2,1H3;/q-1;. The first-order valence-corrected chi connectivity index (χ1v) is 8.46. The maximum Gasteiger partial charge on any atom is 0.256 e. The molecule has 9 heteroatoms. The molecule has 1 radical (unpaired) electrons. The molecule has 26 heavy (non-hydrogen) atoms. The predicted molar refractivity (Wildman–Crippen MR) is 92.1 cm³/mol. The summed E-state index contributed by atoms with van der Waals surface area (Å²) in [6.07, 6.45) is -0.100. The van der Waals surface area contributed by atoms with Gasteiger partial charge in [0.15, 0.2) is 0 Å². The summed E-state index contributed by atoms with van der Waals surface area (Å²) < 4.78 is 58.9. The smallest absolute Gasteiger partial charge is 0.256 e. The number of allylic oxidation sites excluding steroid dienone is 1. The fraction of sp³-hybridized carbons (Fsp3) is 0.353. The summed E-state index contributed by atoms with van der Waals surface area (Å²) in [5.41, 5.74) is -0.889. The monoisotopic (exact) mass is 555 g/mol. The Morgan fingerprint density at radius 1 is 1.38 bits per heavy atom. The zero-order chi connectivity index (χ0) is 18.6. The van der Waals surface area contributed by atoms with Crippen LogP contribution >= 0.6 is 22.6 Å². The molecule has 137 valence electrons. The topological polar surface area (TPSA) is 29.5 Å². The largest absolute Gasteiger partial charge is 0.481 e. The minimum Gasteiger partial charge on any atom is -0.481 e. The average molecular weight is 555 g/mol. The first-order valence-electron chi connectivity index (χ1n) is 7.21. The maximum atomic E-state index is 14.4. The molecular formula is C17H13F4INO2Y-. The summed E-state index contributed by atoms with van der Waals surface area (Å²) >= 11 is 1.78. The van der Waals surface area contributed by atoms with E-state index in [1.54, 1.807) is 29.5 Å². The number of hydrogen-bond donors (Lipinski definition) is 0. The third-order valence-electron chi connectivity index (χ3n) is 3.31. The number of nitrogens with zero attached hydrogens (tertiary/aromatic N) is 1. The fourth-order valence-electron chi connectivity index (χ4n) is 2.24. The Morgan fingerprint density at radius 3 is 2.54 bits per heavy atom. The van der Waals surface area contributed by atoms with E-state index in [0.29, 0.717) is 4.90 Å². The normalized spacial score (nSPS) is 16.6. The van der Waals surface area contributed by atoms with Gasteiger partial charge in [-0.2, -0.15) is 0 Å². The molecule has 1 aliphatic rings. The number of halogens is 5. The third kappa shape index (κ3) is 5.67. The fourth-order valence-corrected chi connectivity index (χ4v) is 2.80. The van der Waals surface area contributed by atoms with Gasteiger partial charge in [-0.05, 0) is 19.1 Å². The molecule has 0 saturated heterocycles. The van der Waals surface area contributed by atoms with Crippen molar-refractivity contribution in [3.05, 3.63) is 35.4 Å². The predicted octanol–water partition coefficient (Wildman–Crippen LogP) is 3.81. The van der Waals surface area contributed by atoms with Crippen LogP contribution in [0.5, 0.6) is 5.75 Å². The first-order chi connectivity index (χ1) is 11.8. The van der Waals surface area contributed by atoms with E-state index >= 15 is 0 Å². The molecule has 0 spiro atoms. The number of hydrogen-bond acceptors (Lipinski definition) is 2. The van der Waals surface area contributed by atoms with Crippen molar-refractivity contribution in [3.8, 4) is 17.6 Å². The number of benzene rings is 1. The number of carbonyl (C=O) groups excluding carboxylic acids is 1. The van der Waals surface area contributed by atoms with Crippen LogP contribution in [0.2, 0.25) is 0 Å². The number of amides is 1. The van der Waals surface area contributed by atoms with Gasteiger partial charge >= 0.3 is 0 Å². The molecule has 1 amide bonds. The van der Waals surface area contributed by atoms with Crippen molar-refractivity contribution in [2.45, 2.75) is 23.7 Å². The van der Waals surface area contributed by atoms with Gasteiger partial charge in [0.05, 0.1) is 22.1 Å². The zero-order valence-electron chi connectivity index (χ0n) is 13.7. The van der Waals surface area contributed by atoms with E-state index in [-0.39, 0.29) is 57.2 Å². The molecule has 1 unspecified atom stereocenters. The Balaban J connectivity index is 0.00000338. The zero-order valence-corrected chi connectivity index (χ0v) is 18.7. The van der Waals surface area contributed by atoms with Crippen LogP contribution < -0.4 is 4.74 Å². The number of rotatable bonds is 5. The van der Waals surface area contributed by atoms with Crippen molar-refractivity contribution in [2.24, 2.45) is 0 Å². The van der Waals surface area contributed by atoms with Gasteiger partial charge in [-0.15, -0.1) is 11.6 Å². The van der Waals surface area contributed by atoms with Crippen LogP contribution in [-0.4, -0.2) is 34.3 Å². The van der Waals surface area contributed by atoms with Crippen LogP contribution in [0.1, 0.15) is 18.9 Å². The number of alkyl halides is 3. The second-order valence-electron chi connectivity index (χ2n) is 5.01. The minimum atomic E-state index is -2.84. The molecule has 0 saturated carbocycles. The van der Waals surface area contributed by atoms with E-state index in [2.05, 4.69) is 17.9 Å². The molecular weight excluding hydrogens is 542 g/mol. The van der Waals surface area contributed by atoms with Crippen molar-refractivity contribution in [1.82, 2.24) is 4.90 Å². The summed E-state index contributed by atoms with van der Waals surface area (Å²) in [5, 5.41) is 0. The second kappa shape index (κ2) is 10.6. The Morgan fingerprint density at radius 2 is 2.00 bits per heavy atom. The molecule has 2 rings (SSSR count). The van der Waals surface area contributed by atoms with E-state index in [1.807, 2.05) is 0 Å². The summed E-state index contributed by atoms with van der Waals surface area (Å²) in [6, 6.07) is 1.84. The van der Waals surface area contributed by atoms with Crippen LogP contribution in [0.4, 0.5) is 17.6 Å². The molecule has 3 nitrogen and oxygen atoms in total. The van der Waals surface area contributed by atoms with E-state index in [4.69, 9.17) is 4.74 Å². The Bertz CT molecular complexity index is 738. The van der Waals surface area contributed by atoms with Crippen LogP contribution in [-0.2, 0) is 37.5 Å². The molecule has 0 fully saturated rings. The molecule has 0 N–H and O–H groups in total. The second-order valence-corrected chi connectivity index (χ2v) is 6.52. The van der Waals surface area contributed by atoms with Gasteiger partial charge in [0.25, 0.3) is 6.43 Å². The number of carbonyl (C=O) groups is 1. The van der Waals surface area contributed by atoms with Crippen molar-refractivity contribution in [3.63, 3.8) is 0 Å². The molecule has 1 atom stereocenters. The summed E-state index contributed by atoms with van der Waals surface area (Å²) in [6.45, 7) is 0.591. The average Bonchev–Trinajstić information content (AvgIpc) is 2.53. The van der Waals surface area contributed by atoms with E-state index < -0.39 is 40.0 Å². The SMILES string of the molecule is CC#CCOc1cc(F)c(C2=[C-]CC(I)C(=O)N2CC(F)F)c(F)c1.[Y]. The Kier molecular flexibility index (Phi) is 9.55. The summed E-state index contributed by atoms with van der Waals surface area (Å²) in [7, 11) is 0. The van der Waals surface area contributed by atoms with Gasteiger partial charge in [-0.1, -0.05) is 40.5 Å². The Labute approximate surface area is 187 Å². The minimum absolute atomic E-state index is 0. The van der Waals surface area contributed by atoms with E-state index in [0.717, 1.165) is 12.1 Å². The third-order valence-corrected chi connectivity index (χ3v) is 4.29. The quantitative estimate of drug-likeness (QED) is 0.182. The molecule has 0 aromatic heterocycles. The van der Waals surface area contributed by atoms with Crippen molar-refractivity contribution < 1.29 is 59.8 Å². The van der Waals surface area contributed by atoms with E-state index in [9.17, 15) is 22.4 Å². The van der Waals surface area contributed by atoms with E-state index in [1.165, 1.54) is 0 Å². The van der Waals surface area contributed by atoms with Crippen molar-refractivity contribution in [2.75, 3.05) is 13.2 Å². The van der Waals surface area contributed by atoms with Crippen molar-refractivity contribution in [1.29, 1.82) is 0 Å². The van der Waals surface area contributed by atoms with Gasteiger partial charge in [0, 0.05) is 32.7 Å². The van der Waals surface area contributed by atoms with Gasteiger partial charge < -0.3 is 9.64 Å². The van der Waals surface area contributed by atoms with Gasteiger partial charge in [0.1, 0.15) is 12.4 Å². The number of ether oxygens (including phenoxy) is 1.